The number of carbonyl (C=O) groups excluding carboxylic acids is 1. The number of anilines is 1. The van der Waals surface area contributed by atoms with Crippen LogP contribution in [0.3, 0.4) is 0 Å². The monoisotopic (exact) mass is 357 g/mol. The van der Waals surface area contributed by atoms with Crippen LogP contribution in [0.25, 0.3) is 11.3 Å². The molecule has 5 nitrogen and oxygen atoms in total. The highest BCUT2D eigenvalue weighted by molar-refractivity contribution is 7.96. The number of aromatic amines is 1. The quantitative estimate of drug-likeness (QED) is 0.638. The van der Waals surface area contributed by atoms with Gasteiger partial charge in [0.1, 0.15) is 0 Å². The Morgan fingerprint density at radius 3 is 2.45 bits per heavy atom. The lowest BCUT2D eigenvalue weighted by Crippen LogP contribution is -2.32. The fourth-order valence-electron chi connectivity index (χ4n) is 1.86. The number of halogens is 2. The van der Waals surface area contributed by atoms with Crippen molar-refractivity contribution in [2.75, 3.05) is 17.3 Å². The zero-order valence-electron chi connectivity index (χ0n) is 11.4. The van der Waals surface area contributed by atoms with Crippen molar-refractivity contribution in [1.29, 1.82) is 0 Å². The van der Waals surface area contributed by atoms with Crippen LogP contribution in [0.4, 0.5) is 10.5 Å². The molecule has 0 radical (unpaired) electrons. The van der Waals surface area contributed by atoms with Crippen LogP contribution in [-0.2, 0) is 0 Å². The summed E-state index contributed by atoms with van der Waals surface area (Å²) in [6, 6.07) is 10.1. The highest BCUT2D eigenvalue weighted by atomic mass is 35.5. The van der Waals surface area contributed by atoms with Gasteiger partial charge in [-0.25, -0.2) is 5.10 Å². The predicted octanol–water partition coefficient (Wildman–Crippen LogP) is 3.14. The summed E-state index contributed by atoms with van der Waals surface area (Å²) in [5.74, 6) is 0.235. The molecule has 2 aromatic rings. The van der Waals surface area contributed by atoms with E-state index < -0.39 is 5.24 Å². The minimum Gasteiger partial charge on any atom is -0.302 e. The van der Waals surface area contributed by atoms with Crippen LogP contribution in [0.1, 0.15) is 0 Å². The normalized spacial score (nSPS) is 12.0. The van der Waals surface area contributed by atoms with Crippen molar-refractivity contribution in [2.24, 2.45) is 0 Å². The Balaban J connectivity index is 2.24. The second-order valence-corrected chi connectivity index (χ2v) is 5.81. The number of hydrogen-bond donors (Lipinski definition) is 2. The van der Waals surface area contributed by atoms with Gasteiger partial charge in [0.25, 0.3) is 10.8 Å². The number of nitrogens with zero attached hydrogens (tertiary/aromatic N) is 2. The van der Waals surface area contributed by atoms with E-state index in [-0.39, 0.29) is 23.4 Å². The molecular weight excluding hydrogens is 345 g/mol. The van der Waals surface area contributed by atoms with Gasteiger partial charge in [-0.2, -0.15) is 5.10 Å². The molecule has 1 N–H and O–H groups in total. The van der Waals surface area contributed by atoms with Gasteiger partial charge < -0.3 is 4.90 Å². The molecule has 0 saturated carbocycles. The highest BCUT2D eigenvalue weighted by Gasteiger charge is 2.16. The van der Waals surface area contributed by atoms with E-state index in [0.717, 1.165) is 5.56 Å². The van der Waals surface area contributed by atoms with Crippen LogP contribution in [-0.4, -0.2) is 33.2 Å². The molecule has 1 aromatic heterocycles. The van der Waals surface area contributed by atoms with E-state index in [9.17, 15) is 9.59 Å². The molecule has 8 heteroatoms. The van der Waals surface area contributed by atoms with Gasteiger partial charge in [0.2, 0.25) is 0 Å². The van der Waals surface area contributed by atoms with Crippen LogP contribution in [0, 0.1) is 0 Å². The molecular formula is C14H13Cl2N3O2S. The van der Waals surface area contributed by atoms with Crippen molar-refractivity contribution < 1.29 is 4.79 Å². The minimum absolute atomic E-state index is 0.235. The molecule has 1 aromatic carbocycles. The number of benzene rings is 1. The fourth-order valence-corrected chi connectivity index (χ4v) is 2.29. The Kier molecular flexibility index (Phi) is 5.88. The molecule has 0 aliphatic heterocycles. The first-order valence-electron chi connectivity index (χ1n) is 6.38. The summed E-state index contributed by atoms with van der Waals surface area (Å²) < 4.78 is 0. The number of hydrogen-bond acceptors (Lipinski definition) is 3. The second kappa shape index (κ2) is 7.67. The van der Waals surface area contributed by atoms with E-state index in [2.05, 4.69) is 22.8 Å². The number of alkyl halides is 2. The number of aromatic nitrogens is 2. The Hall–Kier alpha value is -1.50. The Morgan fingerprint density at radius 1 is 1.27 bits per heavy atom. The van der Waals surface area contributed by atoms with E-state index in [1.54, 1.807) is 30.3 Å². The smallest absolute Gasteiger partial charge is 0.283 e. The first kappa shape index (κ1) is 16.9. The first-order chi connectivity index (χ1) is 10.5. The topological polar surface area (TPSA) is 66.1 Å². The lowest BCUT2D eigenvalue weighted by Gasteiger charge is -2.22. The molecule has 1 atom stereocenters. The SMILES string of the molecule is O=C(S)N(CC(Cl)CCl)c1ccc(-c2ccc(=O)[nH]n2)cc1. The fraction of sp³-hybridized carbons (Fsp3) is 0.214. The van der Waals surface area contributed by atoms with Crippen LogP contribution in [0.2, 0.25) is 0 Å². The third-order valence-electron chi connectivity index (χ3n) is 2.93. The molecule has 0 aliphatic rings. The zero-order chi connectivity index (χ0) is 16.1. The summed E-state index contributed by atoms with van der Waals surface area (Å²) in [7, 11) is 0. The largest absolute Gasteiger partial charge is 0.302 e. The van der Waals surface area contributed by atoms with Crippen molar-refractivity contribution in [3.8, 4) is 11.3 Å². The Labute approximate surface area is 142 Å². The summed E-state index contributed by atoms with van der Waals surface area (Å²) in [4.78, 5) is 24.1. The molecule has 0 bridgehead atoms. The number of thiol groups is 1. The van der Waals surface area contributed by atoms with Crippen LogP contribution >= 0.6 is 35.8 Å². The Morgan fingerprint density at radius 2 is 1.95 bits per heavy atom. The summed E-state index contributed by atoms with van der Waals surface area (Å²) in [6.45, 7) is 0.268. The molecule has 1 heterocycles. The van der Waals surface area contributed by atoms with E-state index in [1.807, 2.05) is 0 Å². The Bertz CT molecular complexity index is 685. The third kappa shape index (κ3) is 4.25. The summed E-state index contributed by atoms with van der Waals surface area (Å²) in [6.07, 6.45) is 0. The highest BCUT2D eigenvalue weighted by Crippen LogP contribution is 2.23. The molecule has 0 aliphatic carbocycles. The van der Waals surface area contributed by atoms with Crippen LogP contribution in [0.15, 0.2) is 41.2 Å². The molecule has 1 amide bonds. The maximum absolute atomic E-state index is 11.6. The van der Waals surface area contributed by atoms with Crippen molar-refractivity contribution in [2.45, 2.75) is 5.38 Å². The molecule has 0 spiro atoms. The summed E-state index contributed by atoms with van der Waals surface area (Å²) in [5.41, 5.74) is 1.84. The van der Waals surface area contributed by atoms with E-state index in [4.69, 9.17) is 23.2 Å². The molecule has 116 valence electrons. The van der Waals surface area contributed by atoms with Gasteiger partial charge in [0.05, 0.1) is 11.1 Å². The van der Waals surface area contributed by atoms with E-state index >= 15 is 0 Å². The average Bonchev–Trinajstić information content (AvgIpc) is 2.53. The number of nitrogens with one attached hydrogen (secondary N) is 1. The standard InChI is InChI=1S/C14H13Cl2N3O2S/c15-7-10(16)8-19(14(21)22)11-3-1-9(2-4-11)12-5-6-13(20)18-17-12/h1-6,10H,7-8H2,(H,18,20)(H,21,22). The van der Waals surface area contributed by atoms with E-state index in [0.29, 0.717) is 11.4 Å². The first-order valence-corrected chi connectivity index (χ1v) is 7.79. The molecule has 22 heavy (non-hydrogen) atoms. The number of rotatable bonds is 5. The maximum atomic E-state index is 11.6. The lowest BCUT2D eigenvalue weighted by molar-refractivity contribution is 0.265. The number of amides is 1. The lowest BCUT2D eigenvalue weighted by atomic mass is 10.1. The van der Waals surface area contributed by atoms with Crippen molar-refractivity contribution in [3.63, 3.8) is 0 Å². The maximum Gasteiger partial charge on any atom is 0.283 e. The van der Waals surface area contributed by atoms with Gasteiger partial charge in [-0.3, -0.25) is 9.59 Å². The van der Waals surface area contributed by atoms with Crippen molar-refractivity contribution in [3.05, 3.63) is 46.8 Å². The van der Waals surface area contributed by atoms with Crippen LogP contribution in [0.5, 0.6) is 0 Å². The van der Waals surface area contributed by atoms with Gasteiger partial charge >= 0.3 is 0 Å². The predicted molar refractivity (Wildman–Crippen MR) is 92.4 cm³/mol. The van der Waals surface area contributed by atoms with Gasteiger partial charge in [0, 0.05) is 29.7 Å². The van der Waals surface area contributed by atoms with Gasteiger partial charge in [-0.05, 0) is 18.2 Å². The average molecular weight is 358 g/mol. The summed E-state index contributed by atoms with van der Waals surface area (Å²) >= 11 is 15.5. The molecule has 0 saturated heterocycles. The minimum atomic E-state index is -0.411. The zero-order valence-corrected chi connectivity index (χ0v) is 13.8. The third-order valence-corrected chi connectivity index (χ3v) is 4.00. The van der Waals surface area contributed by atoms with Gasteiger partial charge in [0.15, 0.2) is 0 Å². The van der Waals surface area contributed by atoms with E-state index in [1.165, 1.54) is 11.0 Å². The van der Waals surface area contributed by atoms with Gasteiger partial charge in [-0.1, -0.05) is 24.8 Å². The molecule has 2 rings (SSSR count). The molecule has 1 unspecified atom stereocenters. The second-order valence-electron chi connectivity index (χ2n) is 4.50. The number of carbonyl (C=O) groups is 1. The van der Waals surface area contributed by atoms with Gasteiger partial charge in [-0.15, -0.1) is 23.2 Å². The van der Waals surface area contributed by atoms with Crippen molar-refractivity contribution >= 4 is 46.8 Å². The molecule has 0 fully saturated rings. The van der Waals surface area contributed by atoms with Crippen LogP contribution < -0.4 is 10.5 Å². The number of H-pyrrole nitrogens is 1. The van der Waals surface area contributed by atoms with Crippen molar-refractivity contribution in [1.82, 2.24) is 10.2 Å². The summed E-state index contributed by atoms with van der Waals surface area (Å²) in [5, 5.41) is 5.55.